The van der Waals surface area contributed by atoms with E-state index in [1.54, 1.807) is 12.3 Å². The lowest BCUT2D eigenvalue weighted by atomic mass is 10.3. The molecule has 0 unspecified atom stereocenters. The van der Waals surface area contributed by atoms with Crippen LogP contribution in [0.4, 0.5) is 0 Å². The van der Waals surface area contributed by atoms with Crippen LogP contribution in [0.25, 0.3) is 0 Å². The van der Waals surface area contributed by atoms with Gasteiger partial charge in [0.25, 0.3) is 0 Å². The maximum absolute atomic E-state index is 3.78. The Morgan fingerprint density at radius 2 is 2.22 bits per heavy atom. The molecule has 0 amide bonds. The summed E-state index contributed by atoms with van der Waals surface area (Å²) in [4.78, 5) is 7.48. The third-order valence-corrected chi connectivity index (χ3v) is 0.832. The summed E-state index contributed by atoms with van der Waals surface area (Å²) in [6.07, 6.45) is 4.94. The zero-order valence-corrected chi connectivity index (χ0v) is 5.13. The number of allylic oxidation sites excluding steroid dienone is 2. The van der Waals surface area contributed by atoms with Crippen LogP contribution in [0, 0.1) is 0 Å². The molecule has 44 valence electrons. The summed E-state index contributed by atoms with van der Waals surface area (Å²) in [6, 6.07) is 0. The van der Waals surface area contributed by atoms with E-state index in [4.69, 9.17) is 0 Å². The van der Waals surface area contributed by atoms with Gasteiger partial charge in [-0.25, -0.2) is 9.98 Å². The SMILES string of the molecule is C/C1=C/N=C=CN=C=C1. The zero-order chi connectivity index (χ0) is 6.53. The predicted octanol–water partition coefficient (Wildman–Crippen LogP) is 1.31. The van der Waals surface area contributed by atoms with Crippen molar-refractivity contribution in [3.8, 4) is 0 Å². The molecule has 0 N–H and O–H groups in total. The molecule has 0 aromatic carbocycles. The Labute approximate surface area is 53.6 Å². The predicted molar refractivity (Wildman–Crippen MR) is 37.8 cm³/mol. The third-order valence-electron chi connectivity index (χ3n) is 0.832. The molecule has 0 aromatic rings. The Morgan fingerprint density at radius 3 is 3.11 bits per heavy atom. The van der Waals surface area contributed by atoms with E-state index >= 15 is 0 Å². The molecule has 1 aliphatic rings. The molecule has 2 nitrogen and oxygen atoms in total. The average Bonchev–Trinajstić information content (AvgIpc) is 1.79. The highest BCUT2D eigenvalue weighted by atomic mass is 14.7. The van der Waals surface area contributed by atoms with Crippen molar-refractivity contribution in [2.75, 3.05) is 0 Å². The minimum Gasteiger partial charge on any atom is -0.212 e. The van der Waals surface area contributed by atoms with Gasteiger partial charge in [-0.1, -0.05) is 0 Å². The van der Waals surface area contributed by atoms with Gasteiger partial charge < -0.3 is 0 Å². The second kappa shape index (κ2) is 2.83. The molecule has 0 bridgehead atoms. The number of hydrogen-bond donors (Lipinski definition) is 0. The Morgan fingerprint density at radius 1 is 1.33 bits per heavy atom. The molecule has 0 saturated carbocycles. The van der Waals surface area contributed by atoms with Crippen LogP contribution >= 0.6 is 0 Å². The first-order chi connectivity index (χ1) is 4.39. The van der Waals surface area contributed by atoms with Crippen molar-refractivity contribution in [2.24, 2.45) is 9.98 Å². The fourth-order valence-electron chi connectivity index (χ4n) is 0.415. The summed E-state index contributed by atoms with van der Waals surface area (Å²) in [7, 11) is 0. The molecule has 1 aliphatic heterocycles. The first-order valence-corrected chi connectivity index (χ1v) is 2.62. The molecule has 0 aliphatic carbocycles. The van der Waals surface area contributed by atoms with Gasteiger partial charge in [-0.3, -0.25) is 0 Å². The molecule has 0 spiro atoms. The van der Waals surface area contributed by atoms with E-state index in [1.165, 1.54) is 6.20 Å². The van der Waals surface area contributed by atoms with E-state index in [1.807, 2.05) is 6.92 Å². The summed E-state index contributed by atoms with van der Waals surface area (Å²) < 4.78 is 0. The maximum atomic E-state index is 3.78. The first-order valence-electron chi connectivity index (χ1n) is 2.62. The molecular weight excluding hydrogens is 112 g/mol. The van der Waals surface area contributed by atoms with Gasteiger partial charge in [-0.15, -0.1) is 0 Å². The minimum atomic E-state index is 1.03. The summed E-state index contributed by atoms with van der Waals surface area (Å²) >= 11 is 0. The van der Waals surface area contributed by atoms with Crippen LogP contribution < -0.4 is 0 Å². The molecule has 2 heteroatoms. The van der Waals surface area contributed by atoms with Crippen LogP contribution in [0.1, 0.15) is 6.92 Å². The highest BCUT2D eigenvalue weighted by molar-refractivity contribution is 5.63. The van der Waals surface area contributed by atoms with Gasteiger partial charge in [0.2, 0.25) is 0 Å². The van der Waals surface area contributed by atoms with E-state index in [-0.39, 0.29) is 0 Å². The van der Waals surface area contributed by atoms with E-state index in [9.17, 15) is 0 Å². The molecule has 0 fully saturated rings. The highest BCUT2D eigenvalue weighted by Crippen LogP contribution is 1.91. The lowest BCUT2D eigenvalue weighted by molar-refractivity contribution is 1.44. The first kappa shape index (κ1) is 5.77. The molecule has 1 rings (SSSR count). The maximum Gasteiger partial charge on any atom is 0.0981 e. The van der Waals surface area contributed by atoms with E-state index < -0.39 is 0 Å². The fraction of sp³-hybridized carbons (Fsp3) is 0.143. The van der Waals surface area contributed by atoms with E-state index in [0.29, 0.717) is 0 Å². The number of nitrogens with zero attached hydrogens (tertiary/aromatic N) is 2. The summed E-state index contributed by atoms with van der Waals surface area (Å²) in [5, 5.41) is 0. The summed E-state index contributed by atoms with van der Waals surface area (Å²) in [6.45, 7) is 1.93. The highest BCUT2D eigenvalue weighted by Gasteiger charge is 1.76. The minimum absolute atomic E-state index is 1.03. The Balaban J connectivity index is 3.05. The molecule has 0 radical (unpaired) electrons. The van der Waals surface area contributed by atoms with Crippen molar-refractivity contribution in [1.29, 1.82) is 0 Å². The van der Waals surface area contributed by atoms with Gasteiger partial charge in [0, 0.05) is 18.1 Å². The zero-order valence-electron chi connectivity index (χ0n) is 5.13. The lowest BCUT2D eigenvalue weighted by Crippen LogP contribution is -1.68. The molecule has 0 atom stereocenters. The third kappa shape index (κ3) is 1.92. The van der Waals surface area contributed by atoms with Gasteiger partial charge in [-0.05, 0) is 18.4 Å². The van der Waals surface area contributed by atoms with Crippen LogP contribution in [0.3, 0.4) is 0 Å². The average molecular weight is 118 g/mol. The summed E-state index contributed by atoms with van der Waals surface area (Å²) in [5.74, 6) is 5.28. The number of aliphatic imine (C=N–C) groups is 2. The Kier molecular flexibility index (Phi) is 1.81. The quantitative estimate of drug-likeness (QED) is 0.458. The largest absolute Gasteiger partial charge is 0.212 e. The van der Waals surface area contributed by atoms with Gasteiger partial charge in [-0.2, -0.15) is 0 Å². The smallest absolute Gasteiger partial charge is 0.0981 e. The van der Waals surface area contributed by atoms with Crippen molar-refractivity contribution < 1.29 is 0 Å². The van der Waals surface area contributed by atoms with Crippen molar-refractivity contribution in [1.82, 2.24) is 0 Å². The monoisotopic (exact) mass is 118 g/mol. The van der Waals surface area contributed by atoms with Crippen molar-refractivity contribution >= 4 is 11.7 Å². The Hall–Kier alpha value is -1.36. The number of rotatable bonds is 0. The molecule has 0 saturated heterocycles. The standard InChI is InChI=1S/C7H6N2/c1-7-2-3-8-4-5-9-6-7/h2,4,6H,1H3/b7-6-. The van der Waals surface area contributed by atoms with Gasteiger partial charge in [0.1, 0.15) is 0 Å². The topological polar surface area (TPSA) is 24.7 Å². The molecule has 9 heavy (non-hydrogen) atoms. The van der Waals surface area contributed by atoms with Crippen molar-refractivity contribution in [3.63, 3.8) is 0 Å². The van der Waals surface area contributed by atoms with Crippen LogP contribution in [0.5, 0.6) is 0 Å². The van der Waals surface area contributed by atoms with Gasteiger partial charge in [0.15, 0.2) is 0 Å². The lowest BCUT2D eigenvalue weighted by Gasteiger charge is -1.81. The number of hydrogen-bond acceptors (Lipinski definition) is 2. The second-order valence-corrected chi connectivity index (χ2v) is 1.66. The van der Waals surface area contributed by atoms with Gasteiger partial charge >= 0.3 is 0 Å². The van der Waals surface area contributed by atoms with E-state index in [2.05, 4.69) is 21.7 Å². The normalized spacial score (nSPS) is 20.8. The molecular formula is C7H6N2. The Bertz CT molecular complexity index is 246. The fourth-order valence-corrected chi connectivity index (χ4v) is 0.415. The van der Waals surface area contributed by atoms with Crippen LogP contribution in [0.15, 0.2) is 34.0 Å². The summed E-state index contributed by atoms with van der Waals surface area (Å²) in [5.41, 5.74) is 1.03. The van der Waals surface area contributed by atoms with Crippen molar-refractivity contribution in [3.05, 3.63) is 24.0 Å². The van der Waals surface area contributed by atoms with Gasteiger partial charge in [0.05, 0.1) is 6.20 Å². The second-order valence-electron chi connectivity index (χ2n) is 1.66. The van der Waals surface area contributed by atoms with Crippen LogP contribution in [-0.2, 0) is 0 Å². The van der Waals surface area contributed by atoms with E-state index in [0.717, 1.165) is 5.57 Å². The van der Waals surface area contributed by atoms with Crippen molar-refractivity contribution in [2.45, 2.75) is 6.92 Å². The van der Waals surface area contributed by atoms with Crippen LogP contribution in [-0.4, -0.2) is 11.7 Å². The molecule has 1 heterocycles. The van der Waals surface area contributed by atoms with Crippen LogP contribution in [0.2, 0.25) is 0 Å². The molecule has 0 aromatic heterocycles.